The molecular formula is C10H16F3N3O2S. The molecule has 0 saturated carbocycles. The summed E-state index contributed by atoms with van der Waals surface area (Å²) in [6, 6.07) is -0.343. The van der Waals surface area contributed by atoms with E-state index in [4.69, 9.17) is 10.3 Å². The van der Waals surface area contributed by atoms with Crippen molar-refractivity contribution in [1.29, 1.82) is 0 Å². The van der Waals surface area contributed by atoms with Crippen LogP contribution in [0.1, 0.15) is 24.2 Å². The minimum absolute atomic E-state index is 0.113. The summed E-state index contributed by atoms with van der Waals surface area (Å²) in [4.78, 5) is 4.02. The minimum Gasteiger partial charge on any atom is -0.372 e. The molecule has 2 N–H and O–H groups in total. The molecule has 1 atom stereocenters. The highest BCUT2D eigenvalue weighted by Crippen LogP contribution is 2.15. The maximum absolute atomic E-state index is 11.8. The lowest BCUT2D eigenvalue weighted by Crippen LogP contribution is -2.18. The number of halogens is 3. The van der Waals surface area contributed by atoms with Crippen molar-refractivity contribution in [1.82, 2.24) is 10.1 Å². The molecule has 0 saturated heterocycles. The van der Waals surface area contributed by atoms with Gasteiger partial charge < -0.3 is 15.0 Å². The van der Waals surface area contributed by atoms with Crippen molar-refractivity contribution < 1.29 is 22.4 Å². The molecular weight excluding hydrogens is 283 g/mol. The number of alkyl halides is 3. The van der Waals surface area contributed by atoms with E-state index >= 15 is 0 Å². The van der Waals surface area contributed by atoms with E-state index in [1.165, 1.54) is 0 Å². The van der Waals surface area contributed by atoms with Crippen LogP contribution in [0.4, 0.5) is 13.2 Å². The van der Waals surface area contributed by atoms with Crippen LogP contribution in [0, 0.1) is 0 Å². The third kappa shape index (κ3) is 6.79. The van der Waals surface area contributed by atoms with Crippen LogP contribution in [0.2, 0.25) is 0 Å². The van der Waals surface area contributed by atoms with Gasteiger partial charge in [0.1, 0.15) is 6.61 Å². The number of nitrogens with zero attached hydrogens (tertiary/aromatic N) is 2. The maximum atomic E-state index is 11.8. The van der Waals surface area contributed by atoms with Crippen LogP contribution in [0.15, 0.2) is 4.52 Å². The summed E-state index contributed by atoms with van der Waals surface area (Å²) in [6.07, 6.45) is -1.49. The highest BCUT2D eigenvalue weighted by molar-refractivity contribution is 7.98. The first-order chi connectivity index (χ1) is 8.92. The Morgan fingerprint density at radius 1 is 1.47 bits per heavy atom. The Balaban J connectivity index is 2.30. The van der Waals surface area contributed by atoms with Crippen molar-refractivity contribution in [3.05, 3.63) is 11.7 Å². The standard InChI is InChI=1S/C10H16F3N3O2S/c1-19-5-3-7(14)9-15-8(16-18-9)2-4-17-6-10(11,12)13/h7H,2-6,14H2,1H3/t7-/m1/s1. The molecule has 0 radical (unpaired) electrons. The fraction of sp³-hybridized carbons (Fsp3) is 0.800. The Kier molecular flexibility index (Phi) is 6.59. The molecule has 1 aromatic rings. The van der Waals surface area contributed by atoms with E-state index in [-0.39, 0.29) is 19.1 Å². The van der Waals surface area contributed by atoms with Crippen molar-refractivity contribution in [3.8, 4) is 0 Å². The second-order valence-electron chi connectivity index (χ2n) is 3.85. The molecule has 5 nitrogen and oxygen atoms in total. The number of hydrogen-bond acceptors (Lipinski definition) is 6. The average Bonchev–Trinajstić information content (AvgIpc) is 2.79. The smallest absolute Gasteiger partial charge is 0.372 e. The highest BCUT2D eigenvalue weighted by Gasteiger charge is 2.27. The zero-order valence-corrected chi connectivity index (χ0v) is 11.3. The van der Waals surface area contributed by atoms with Crippen LogP contribution in [0.3, 0.4) is 0 Å². The van der Waals surface area contributed by atoms with Crippen molar-refractivity contribution >= 4 is 11.8 Å². The fourth-order valence-electron chi connectivity index (χ4n) is 1.24. The molecule has 110 valence electrons. The van der Waals surface area contributed by atoms with Gasteiger partial charge in [0.05, 0.1) is 12.6 Å². The summed E-state index contributed by atoms with van der Waals surface area (Å²) in [5, 5.41) is 3.65. The fourth-order valence-corrected chi connectivity index (χ4v) is 1.73. The first kappa shape index (κ1) is 16.3. The van der Waals surface area contributed by atoms with E-state index in [0.29, 0.717) is 18.1 Å². The van der Waals surface area contributed by atoms with Gasteiger partial charge in [-0.25, -0.2) is 0 Å². The van der Waals surface area contributed by atoms with E-state index in [2.05, 4.69) is 14.9 Å². The summed E-state index contributed by atoms with van der Waals surface area (Å²) in [7, 11) is 0. The van der Waals surface area contributed by atoms with E-state index in [1.807, 2.05) is 6.26 Å². The van der Waals surface area contributed by atoms with E-state index in [9.17, 15) is 13.2 Å². The van der Waals surface area contributed by atoms with Crippen molar-refractivity contribution in [2.75, 3.05) is 25.2 Å². The monoisotopic (exact) mass is 299 g/mol. The van der Waals surface area contributed by atoms with E-state index in [0.717, 1.165) is 5.75 Å². The molecule has 0 spiro atoms. The summed E-state index contributed by atoms with van der Waals surface area (Å²) in [6.45, 7) is -1.39. The lowest BCUT2D eigenvalue weighted by molar-refractivity contribution is -0.173. The second-order valence-corrected chi connectivity index (χ2v) is 4.84. The molecule has 0 aliphatic heterocycles. The highest BCUT2D eigenvalue weighted by atomic mass is 32.2. The van der Waals surface area contributed by atoms with E-state index < -0.39 is 12.8 Å². The van der Waals surface area contributed by atoms with Gasteiger partial charge in [0.25, 0.3) is 0 Å². The first-order valence-electron chi connectivity index (χ1n) is 5.64. The SMILES string of the molecule is CSCC[C@@H](N)c1nc(CCOCC(F)(F)F)no1. The van der Waals surface area contributed by atoms with Crippen molar-refractivity contribution in [2.45, 2.75) is 25.1 Å². The normalized spacial score (nSPS) is 13.7. The number of rotatable bonds is 8. The molecule has 0 aliphatic rings. The Labute approximate surface area is 113 Å². The predicted molar refractivity (Wildman–Crippen MR) is 64.8 cm³/mol. The zero-order valence-electron chi connectivity index (χ0n) is 10.4. The lowest BCUT2D eigenvalue weighted by atomic mass is 10.2. The number of ether oxygens (including phenoxy) is 1. The second kappa shape index (κ2) is 7.71. The predicted octanol–water partition coefficient (Wildman–Crippen LogP) is 1.94. The number of thioether (sulfide) groups is 1. The Morgan fingerprint density at radius 2 is 2.21 bits per heavy atom. The van der Waals surface area contributed by atoms with Gasteiger partial charge in [0.15, 0.2) is 5.82 Å². The van der Waals surface area contributed by atoms with Gasteiger partial charge in [0.2, 0.25) is 5.89 Å². The average molecular weight is 299 g/mol. The molecule has 0 fully saturated rings. The third-order valence-corrected chi connectivity index (χ3v) is 2.81. The molecule has 0 amide bonds. The van der Waals surface area contributed by atoms with Gasteiger partial charge in [-0.3, -0.25) is 0 Å². The molecule has 0 aliphatic carbocycles. The maximum Gasteiger partial charge on any atom is 0.411 e. The Bertz CT molecular complexity index is 373. The van der Waals surface area contributed by atoms with Crippen LogP contribution < -0.4 is 5.73 Å². The van der Waals surface area contributed by atoms with Crippen LogP contribution in [0.5, 0.6) is 0 Å². The Morgan fingerprint density at radius 3 is 2.84 bits per heavy atom. The van der Waals surface area contributed by atoms with Crippen LogP contribution in [0.25, 0.3) is 0 Å². The molecule has 0 bridgehead atoms. The number of hydrogen-bond donors (Lipinski definition) is 1. The molecule has 19 heavy (non-hydrogen) atoms. The van der Waals surface area contributed by atoms with Crippen molar-refractivity contribution in [3.63, 3.8) is 0 Å². The Hall–Kier alpha value is -0.800. The molecule has 0 unspecified atom stereocenters. The van der Waals surface area contributed by atoms with Crippen LogP contribution in [-0.2, 0) is 11.2 Å². The topological polar surface area (TPSA) is 74.2 Å². The van der Waals surface area contributed by atoms with Gasteiger partial charge in [-0.2, -0.15) is 29.9 Å². The van der Waals surface area contributed by atoms with E-state index in [1.54, 1.807) is 11.8 Å². The zero-order chi connectivity index (χ0) is 14.3. The third-order valence-electron chi connectivity index (χ3n) is 2.17. The van der Waals surface area contributed by atoms with Gasteiger partial charge in [-0.05, 0) is 18.4 Å². The molecule has 1 heterocycles. The van der Waals surface area contributed by atoms with Gasteiger partial charge >= 0.3 is 6.18 Å². The van der Waals surface area contributed by atoms with Crippen molar-refractivity contribution in [2.24, 2.45) is 5.73 Å². The number of aromatic nitrogens is 2. The van der Waals surface area contributed by atoms with Crippen LogP contribution >= 0.6 is 11.8 Å². The summed E-state index contributed by atoms with van der Waals surface area (Å²) in [5.74, 6) is 1.48. The minimum atomic E-state index is -4.32. The lowest BCUT2D eigenvalue weighted by Gasteiger charge is -2.05. The molecule has 9 heteroatoms. The largest absolute Gasteiger partial charge is 0.411 e. The summed E-state index contributed by atoms with van der Waals surface area (Å²) in [5.41, 5.74) is 5.82. The number of nitrogens with two attached hydrogens (primary N) is 1. The molecule has 1 aromatic heterocycles. The molecule has 1 rings (SSSR count). The van der Waals surface area contributed by atoms with Crippen LogP contribution in [-0.4, -0.2) is 41.5 Å². The summed E-state index contributed by atoms with van der Waals surface area (Å²) >= 11 is 1.65. The first-order valence-corrected chi connectivity index (χ1v) is 7.03. The molecule has 0 aromatic carbocycles. The van der Waals surface area contributed by atoms with Gasteiger partial charge in [0, 0.05) is 6.42 Å². The summed E-state index contributed by atoms with van der Waals surface area (Å²) < 4.78 is 44.9. The quantitative estimate of drug-likeness (QED) is 0.740. The van der Waals surface area contributed by atoms with Gasteiger partial charge in [-0.1, -0.05) is 5.16 Å². The van der Waals surface area contributed by atoms with Gasteiger partial charge in [-0.15, -0.1) is 0 Å².